The van der Waals surface area contributed by atoms with E-state index in [1.165, 1.54) is 46.3 Å². The molecule has 0 saturated heterocycles. The van der Waals surface area contributed by atoms with Crippen LogP contribution in [0.15, 0.2) is 68.6 Å². The molecule has 0 aromatic heterocycles. The molecule has 0 amide bonds. The van der Waals surface area contributed by atoms with Gasteiger partial charge in [0.15, 0.2) is 0 Å². The Hall–Kier alpha value is -1.84. The minimum Gasteiger partial charge on any atom is -0.492 e. The summed E-state index contributed by atoms with van der Waals surface area (Å²) in [5.74, 6) is 3.71. The van der Waals surface area contributed by atoms with Gasteiger partial charge in [0.25, 0.3) is 0 Å². The van der Waals surface area contributed by atoms with Gasteiger partial charge < -0.3 is 15.2 Å². The van der Waals surface area contributed by atoms with Gasteiger partial charge in [-0.15, -0.1) is 0 Å². The maximum absolute atomic E-state index is 9.36. The third-order valence-corrected chi connectivity index (χ3v) is 11.7. The van der Waals surface area contributed by atoms with E-state index in [9.17, 15) is 5.11 Å². The summed E-state index contributed by atoms with van der Waals surface area (Å²) in [6, 6.07) is 0. The number of hydrogen-bond acceptors (Lipinski definition) is 3. The van der Waals surface area contributed by atoms with Crippen molar-refractivity contribution in [3.63, 3.8) is 0 Å². The second-order valence-corrected chi connectivity index (χ2v) is 17.8. The van der Waals surface area contributed by atoms with E-state index in [0.29, 0.717) is 42.7 Å². The van der Waals surface area contributed by atoms with E-state index < -0.39 is 0 Å². The van der Waals surface area contributed by atoms with Crippen molar-refractivity contribution in [2.75, 3.05) is 26.3 Å². The number of aliphatic hydroxyl groups excluding tert-OH is 1. The summed E-state index contributed by atoms with van der Waals surface area (Å²) in [5, 5.41) is 12.7. The summed E-state index contributed by atoms with van der Waals surface area (Å²) in [4.78, 5) is 0. The SMILES string of the molecule is CCCC(C)[C@H](C)C1C=C(CC(C)/C=C(\CC)C(C)(C)C)C(OCCNCCO)=C(CC2=C(C)C3=CC(C(C)(C)C)=C2C3(C)C)C1C. The van der Waals surface area contributed by atoms with Gasteiger partial charge in [-0.05, 0) is 106 Å². The second-order valence-electron chi connectivity index (χ2n) is 17.8. The van der Waals surface area contributed by atoms with E-state index in [2.05, 4.69) is 127 Å². The highest BCUT2D eigenvalue weighted by atomic mass is 16.5. The van der Waals surface area contributed by atoms with Gasteiger partial charge in [-0.2, -0.15) is 0 Å². The molecule has 0 aromatic rings. The zero-order valence-electron chi connectivity index (χ0n) is 33.3. The number of rotatable bonds is 16. The van der Waals surface area contributed by atoms with Crippen LogP contribution in [0.3, 0.4) is 0 Å². The highest BCUT2D eigenvalue weighted by Gasteiger charge is 2.47. The topological polar surface area (TPSA) is 41.5 Å². The summed E-state index contributed by atoms with van der Waals surface area (Å²) in [6.07, 6.45) is 13.2. The molecule has 0 aliphatic heterocycles. The zero-order chi connectivity index (χ0) is 35.5. The second kappa shape index (κ2) is 15.8. The molecule has 3 aliphatic carbocycles. The largest absolute Gasteiger partial charge is 0.492 e. The smallest absolute Gasteiger partial charge is 0.122 e. The monoisotopic (exact) mass is 648 g/mol. The average Bonchev–Trinajstić information content (AvgIpc) is 3.34. The molecule has 266 valence electrons. The molecule has 4 unspecified atom stereocenters. The van der Waals surface area contributed by atoms with Gasteiger partial charge in [-0.1, -0.05) is 134 Å². The predicted octanol–water partition coefficient (Wildman–Crippen LogP) is 11.5. The highest BCUT2D eigenvalue weighted by molar-refractivity contribution is 5.71. The Bertz CT molecular complexity index is 1300. The Morgan fingerprint density at radius 3 is 2.26 bits per heavy atom. The molecule has 3 nitrogen and oxygen atoms in total. The summed E-state index contributed by atoms with van der Waals surface area (Å²) in [5.41, 5.74) is 12.4. The van der Waals surface area contributed by atoms with Gasteiger partial charge >= 0.3 is 0 Å². The van der Waals surface area contributed by atoms with Crippen molar-refractivity contribution in [3.8, 4) is 0 Å². The highest BCUT2D eigenvalue weighted by Crippen LogP contribution is 2.61. The van der Waals surface area contributed by atoms with Crippen molar-refractivity contribution in [1.82, 2.24) is 5.32 Å². The first-order chi connectivity index (χ1) is 21.8. The van der Waals surface area contributed by atoms with Crippen molar-refractivity contribution in [3.05, 3.63) is 68.6 Å². The van der Waals surface area contributed by atoms with Crippen LogP contribution < -0.4 is 5.32 Å². The molecule has 0 heterocycles. The summed E-state index contributed by atoms with van der Waals surface area (Å²) in [6.45, 7) is 38.0. The van der Waals surface area contributed by atoms with Gasteiger partial charge in [0.1, 0.15) is 12.4 Å². The molecule has 3 heteroatoms. The number of allylic oxidation sites excluding steroid dienone is 11. The first-order valence-corrected chi connectivity index (χ1v) is 19.1. The van der Waals surface area contributed by atoms with Gasteiger partial charge in [0.05, 0.1) is 6.61 Å². The van der Waals surface area contributed by atoms with Crippen LogP contribution in [0, 0.1) is 45.8 Å². The zero-order valence-corrected chi connectivity index (χ0v) is 33.3. The Morgan fingerprint density at radius 1 is 1.06 bits per heavy atom. The Kier molecular flexibility index (Phi) is 13.3. The van der Waals surface area contributed by atoms with Crippen LogP contribution in [0.25, 0.3) is 0 Å². The minimum absolute atomic E-state index is 0.0551. The lowest BCUT2D eigenvalue weighted by atomic mass is 9.67. The van der Waals surface area contributed by atoms with Crippen LogP contribution in [0.2, 0.25) is 0 Å². The van der Waals surface area contributed by atoms with Crippen LogP contribution in [0.1, 0.15) is 136 Å². The Balaban J connectivity index is 2.19. The molecule has 2 bridgehead atoms. The molecule has 3 aliphatic rings. The third kappa shape index (κ3) is 8.85. The first-order valence-electron chi connectivity index (χ1n) is 19.1. The molecule has 0 aromatic carbocycles. The molecule has 5 atom stereocenters. The lowest BCUT2D eigenvalue weighted by Gasteiger charge is -2.39. The summed E-state index contributed by atoms with van der Waals surface area (Å²) in [7, 11) is 0. The maximum atomic E-state index is 9.36. The molecule has 0 radical (unpaired) electrons. The quantitative estimate of drug-likeness (QED) is 0.129. The summed E-state index contributed by atoms with van der Waals surface area (Å²) >= 11 is 0. The standard InChI is InChI=1S/C44H73NO2/c1-16-18-29(4)30(5)35-25-33(23-28(3)24-34(17-2)42(8,9)10)41(47-22-20-45-19-21-46)37(31(35)6)26-36-32(7)38-27-39(43(11,12)13)40(36)44(38,14)15/h24-25,27-31,35,45-46H,16-23,26H2,1-15H3/b34-24+/t28?,29?,30-,31?,35?/m0/s1. The molecule has 47 heavy (non-hydrogen) atoms. The summed E-state index contributed by atoms with van der Waals surface area (Å²) < 4.78 is 6.93. The van der Waals surface area contributed by atoms with Crippen LogP contribution in [-0.2, 0) is 4.74 Å². The number of aliphatic hydroxyl groups is 1. The molecule has 0 spiro atoms. The molecular weight excluding hydrogens is 574 g/mol. The van der Waals surface area contributed by atoms with Crippen molar-refractivity contribution in [2.24, 2.45) is 45.8 Å². The third-order valence-electron chi connectivity index (χ3n) is 11.7. The maximum Gasteiger partial charge on any atom is 0.122 e. The van der Waals surface area contributed by atoms with Gasteiger partial charge in [-0.25, -0.2) is 0 Å². The molecule has 3 rings (SSSR count). The molecule has 2 N–H and O–H groups in total. The van der Waals surface area contributed by atoms with E-state index in [1.807, 2.05) is 0 Å². The minimum atomic E-state index is 0.0551. The van der Waals surface area contributed by atoms with E-state index in [4.69, 9.17) is 4.74 Å². The van der Waals surface area contributed by atoms with Crippen LogP contribution >= 0.6 is 0 Å². The van der Waals surface area contributed by atoms with Crippen molar-refractivity contribution in [2.45, 2.75) is 136 Å². The fraction of sp³-hybridized carbons (Fsp3) is 0.727. The fourth-order valence-electron chi connectivity index (χ4n) is 8.80. The lowest BCUT2D eigenvalue weighted by Crippen LogP contribution is -2.30. The van der Waals surface area contributed by atoms with E-state index >= 15 is 0 Å². The predicted molar refractivity (Wildman–Crippen MR) is 204 cm³/mol. The molecular formula is C44H73NO2. The Labute approximate surface area is 291 Å². The van der Waals surface area contributed by atoms with Crippen molar-refractivity contribution in [1.29, 1.82) is 0 Å². The average molecular weight is 648 g/mol. The fourth-order valence-corrected chi connectivity index (χ4v) is 8.80. The van der Waals surface area contributed by atoms with Crippen LogP contribution in [0.4, 0.5) is 0 Å². The first kappa shape index (κ1) is 39.6. The van der Waals surface area contributed by atoms with Crippen LogP contribution in [0.5, 0.6) is 0 Å². The van der Waals surface area contributed by atoms with Crippen LogP contribution in [-0.4, -0.2) is 31.4 Å². The van der Waals surface area contributed by atoms with E-state index in [1.54, 1.807) is 11.1 Å². The number of ether oxygens (including phenoxy) is 1. The normalized spacial score (nSPS) is 23.8. The number of nitrogens with one attached hydrogen (secondary N) is 1. The van der Waals surface area contributed by atoms with Gasteiger partial charge in [0.2, 0.25) is 0 Å². The Morgan fingerprint density at radius 2 is 1.72 bits per heavy atom. The molecule has 0 saturated carbocycles. The van der Waals surface area contributed by atoms with Crippen molar-refractivity contribution < 1.29 is 9.84 Å². The van der Waals surface area contributed by atoms with Gasteiger partial charge in [-0.3, -0.25) is 0 Å². The number of hydrogen-bond donors (Lipinski definition) is 2. The van der Waals surface area contributed by atoms with E-state index in [0.717, 1.165) is 31.6 Å². The van der Waals surface area contributed by atoms with E-state index in [-0.39, 0.29) is 22.9 Å². The van der Waals surface area contributed by atoms with Crippen molar-refractivity contribution >= 4 is 0 Å². The van der Waals surface area contributed by atoms with Gasteiger partial charge in [0, 0.05) is 18.5 Å². The number of fused-ring (bicyclic) bond motifs is 2. The molecule has 0 fully saturated rings. The lowest BCUT2D eigenvalue weighted by molar-refractivity contribution is 0.186.